The zero-order valence-electron chi connectivity index (χ0n) is 17.1. The first-order chi connectivity index (χ1) is 14.2. The van der Waals surface area contributed by atoms with Crippen molar-refractivity contribution >= 4 is 24.0 Å². The van der Waals surface area contributed by atoms with Crippen LogP contribution in [0.5, 0.6) is 11.5 Å². The third-order valence-electron chi connectivity index (χ3n) is 6.90. The summed E-state index contributed by atoms with van der Waals surface area (Å²) in [5.41, 5.74) is 3.52. The van der Waals surface area contributed by atoms with Crippen molar-refractivity contribution < 1.29 is 14.3 Å². The van der Waals surface area contributed by atoms with Gasteiger partial charge in [0.1, 0.15) is 23.5 Å². The molecule has 30 heavy (non-hydrogen) atoms. The number of carbonyl (C=O) groups excluding carboxylic acids is 1. The van der Waals surface area contributed by atoms with Crippen LogP contribution in [0.2, 0.25) is 0 Å². The molecule has 4 aliphatic heterocycles. The van der Waals surface area contributed by atoms with Gasteiger partial charge in [0.15, 0.2) is 0 Å². The third-order valence-corrected chi connectivity index (χ3v) is 6.90. The highest BCUT2D eigenvalue weighted by atomic mass is 35.5. The normalized spacial score (nSPS) is 24.8. The quantitative estimate of drug-likeness (QED) is 0.735. The molecule has 4 heterocycles. The summed E-state index contributed by atoms with van der Waals surface area (Å²) in [7, 11) is 2.15. The SMILES string of the molecule is CN1CCN(CN2C(=O)C3(COc4cc5c(cc43)CCO5)c3ccccc32)CC1.Cl. The van der Waals surface area contributed by atoms with Gasteiger partial charge in [-0.2, -0.15) is 0 Å². The monoisotopic (exact) mass is 427 g/mol. The number of hydrogen-bond acceptors (Lipinski definition) is 5. The number of nitrogens with zero attached hydrogens (tertiary/aromatic N) is 3. The Morgan fingerprint density at radius 1 is 1.00 bits per heavy atom. The number of rotatable bonds is 2. The maximum Gasteiger partial charge on any atom is 0.246 e. The summed E-state index contributed by atoms with van der Waals surface area (Å²) in [5, 5.41) is 0. The maximum absolute atomic E-state index is 14.0. The predicted octanol–water partition coefficient (Wildman–Crippen LogP) is 2.27. The molecule has 0 bridgehead atoms. The summed E-state index contributed by atoms with van der Waals surface area (Å²) in [6.45, 7) is 5.72. The van der Waals surface area contributed by atoms with Gasteiger partial charge in [0.2, 0.25) is 5.91 Å². The Bertz CT molecular complexity index is 1010. The minimum atomic E-state index is -0.740. The van der Waals surface area contributed by atoms with Crippen molar-refractivity contribution in [1.82, 2.24) is 9.80 Å². The number of benzene rings is 2. The molecule has 7 heteroatoms. The molecule has 1 spiro atoms. The summed E-state index contributed by atoms with van der Waals surface area (Å²) >= 11 is 0. The molecule has 2 aromatic rings. The van der Waals surface area contributed by atoms with Gasteiger partial charge in [-0.25, -0.2) is 0 Å². The molecular formula is C23H26ClN3O3. The number of para-hydroxylation sites is 1. The Balaban J connectivity index is 0.00000193. The fraction of sp³-hybridized carbons (Fsp3) is 0.435. The van der Waals surface area contributed by atoms with E-state index in [4.69, 9.17) is 9.47 Å². The molecule has 6 nitrogen and oxygen atoms in total. The maximum atomic E-state index is 14.0. The van der Waals surface area contributed by atoms with Gasteiger partial charge in [-0.1, -0.05) is 18.2 Å². The number of hydrogen-bond donors (Lipinski definition) is 0. The van der Waals surface area contributed by atoms with Crippen LogP contribution in [0.25, 0.3) is 0 Å². The average Bonchev–Trinajstić information content (AvgIpc) is 3.41. The van der Waals surface area contributed by atoms with E-state index < -0.39 is 5.41 Å². The van der Waals surface area contributed by atoms with Crippen molar-refractivity contribution in [2.24, 2.45) is 0 Å². The topological polar surface area (TPSA) is 45.2 Å². The van der Waals surface area contributed by atoms with Crippen molar-refractivity contribution in [3.05, 3.63) is 53.1 Å². The zero-order valence-corrected chi connectivity index (χ0v) is 17.9. The molecule has 6 rings (SSSR count). The summed E-state index contributed by atoms with van der Waals surface area (Å²) in [5.74, 6) is 1.82. The van der Waals surface area contributed by atoms with E-state index in [1.807, 2.05) is 23.1 Å². The van der Waals surface area contributed by atoms with Crippen LogP contribution in [-0.2, 0) is 16.6 Å². The number of halogens is 1. The molecule has 1 atom stereocenters. The molecule has 0 aliphatic carbocycles. The lowest BCUT2D eigenvalue weighted by molar-refractivity contribution is -0.122. The minimum Gasteiger partial charge on any atom is -0.493 e. The molecule has 1 saturated heterocycles. The van der Waals surface area contributed by atoms with E-state index in [1.165, 1.54) is 5.56 Å². The summed E-state index contributed by atoms with van der Waals surface area (Å²) < 4.78 is 11.8. The van der Waals surface area contributed by atoms with Crippen LogP contribution in [0.3, 0.4) is 0 Å². The van der Waals surface area contributed by atoms with Crippen molar-refractivity contribution in [2.75, 3.05) is 58.0 Å². The van der Waals surface area contributed by atoms with Crippen LogP contribution in [0.4, 0.5) is 5.69 Å². The fourth-order valence-electron chi connectivity index (χ4n) is 5.18. The van der Waals surface area contributed by atoms with Gasteiger partial charge in [0.05, 0.1) is 13.3 Å². The highest BCUT2D eigenvalue weighted by molar-refractivity contribution is 6.11. The van der Waals surface area contributed by atoms with Gasteiger partial charge in [-0.15, -0.1) is 12.4 Å². The Hall–Kier alpha value is -2.28. The zero-order chi connectivity index (χ0) is 19.6. The number of carbonyl (C=O) groups is 1. The van der Waals surface area contributed by atoms with Crippen LogP contribution in [0.1, 0.15) is 16.7 Å². The van der Waals surface area contributed by atoms with Crippen LogP contribution in [-0.4, -0.2) is 68.8 Å². The Kier molecular flexibility index (Phi) is 4.69. The van der Waals surface area contributed by atoms with E-state index in [0.29, 0.717) is 19.9 Å². The van der Waals surface area contributed by atoms with E-state index in [0.717, 1.165) is 60.9 Å². The van der Waals surface area contributed by atoms with E-state index in [-0.39, 0.29) is 18.3 Å². The van der Waals surface area contributed by atoms with Crippen LogP contribution >= 0.6 is 12.4 Å². The molecule has 158 valence electrons. The lowest BCUT2D eigenvalue weighted by Crippen LogP contribution is -2.51. The van der Waals surface area contributed by atoms with Gasteiger partial charge < -0.3 is 14.4 Å². The third kappa shape index (κ3) is 2.67. The molecule has 0 radical (unpaired) electrons. The number of likely N-dealkylation sites (N-methyl/N-ethyl adjacent to an activating group) is 1. The first-order valence-electron chi connectivity index (χ1n) is 10.4. The van der Waals surface area contributed by atoms with E-state index in [1.54, 1.807) is 0 Å². The standard InChI is InChI=1S/C23H25N3O3.ClH/c1-24-7-9-25(10-8-24)15-26-19-5-3-2-4-17(19)23(22(26)27)14-29-21-13-20-16(6-11-28-20)12-18(21)23;/h2-5,12-13H,6-11,14-15H2,1H3;1H. The second-order valence-corrected chi connectivity index (χ2v) is 8.56. The molecule has 2 aromatic carbocycles. The summed E-state index contributed by atoms with van der Waals surface area (Å²) in [6, 6.07) is 12.4. The smallest absolute Gasteiger partial charge is 0.246 e. The molecule has 0 aromatic heterocycles. The van der Waals surface area contributed by atoms with Crippen LogP contribution in [0.15, 0.2) is 36.4 Å². The molecular weight excluding hydrogens is 402 g/mol. The summed E-state index contributed by atoms with van der Waals surface area (Å²) in [4.78, 5) is 20.7. The van der Waals surface area contributed by atoms with Crippen molar-refractivity contribution in [3.63, 3.8) is 0 Å². The number of fused-ring (bicyclic) bond motifs is 5. The lowest BCUT2D eigenvalue weighted by atomic mass is 9.76. The fourth-order valence-corrected chi connectivity index (χ4v) is 5.18. The second-order valence-electron chi connectivity index (χ2n) is 8.56. The van der Waals surface area contributed by atoms with E-state index in [2.05, 4.69) is 35.0 Å². The van der Waals surface area contributed by atoms with Gasteiger partial charge in [-0.05, 0) is 30.3 Å². The van der Waals surface area contributed by atoms with Gasteiger partial charge in [0, 0.05) is 49.9 Å². The molecule has 0 N–H and O–H groups in total. The number of anilines is 1. The number of piperazine rings is 1. The van der Waals surface area contributed by atoms with Crippen LogP contribution in [0, 0.1) is 0 Å². The van der Waals surface area contributed by atoms with Gasteiger partial charge in [0.25, 0.3) is 0 Å². The Labute approximate surface area is 182 Å². The Morgan fingerprint density at radius 2 is 1.80 bits per heavy atom. The number of ether oxygens (including phenoxy) is 2. The van der Waals surface area contributed by atoms with E-state index >= 15 is 0 Å². The van der Waals surface area contributed by atoms with Gasteiger partial charge in [-0.3, -0.25) is 14.6 Å². The second kappa shape index (κ2) is 7.15. The van der Waals surface area contributed by atoms with Crippen molar-refractivity contribution in [2.45, 2.75) is 11.8 Å². The van der Waals surface area contributed by atoms with Gasteiger partial charge >= 0.3 is 0 Å². The number of amides is 1. The van der Waals surface area contributed by atoms with Crippen molar-refractivity contribution in [1.29, 1.82) is 0 Å². The highest BCUT2D eigenvalue weighted by Gasteiger charge is 2.57. The van der Waals surface area contributed by atoms with Crippen LogP contribution < -0.4 is 14.4 Å². The molecule has 4 aliphatic rings. The van der Waals surface area contributed by atoms with Crippen molar-refractivity contribution in [3.8, 4) is 11.5 Å². The first kappa shape index (κ1) is 19.7. The lowest BCUT2D eigenvalue weighted by Gasteiger charge is -2.35. The Morgan fingerprint density at radius 3 is 2.63 bits per heavy atom. The molecule has 1 unspecified atom stereocenters. The summed E-state index contributed by atoms with van der Waals surface area (Å²) in [6.07, 6.45) is 0.888. The first-order valence-corrected chi connectivity index (χ1v) is 10.4. The van der Waals surface area contributed by atoms with E-state index in [9.17, 15) is 4.79 Å². The molecule has 1 fully saturated rings. The molecule has 1 amide bonds. The molecule has 0 saturated carbocycles. The minimum absolute atomic E-state index is 0. The highest BCUT2D eigenvalue weighted by Crippen LogP contribution is 2.53. The largest absolute Gasteiger partial charge is 0.493 e. The average molecular weight is 428 g/mol. The predicted molar refractivity (Wildman–Crippen MR) is 117 cm³/mol.